The molecule has 7 heteroatoms. The van der Waals surface area contributed by atoms with Gasteiger partial charge in [0.1, 0.15) is 0 Å². The summed E-state index contributed by atoms with van der Waals surface area (Å²) in [5, 5.41) is 5.95. The number of esters is 1. The molecule has 2 N–H and O–H groups in total. The van der Waals surface area contributed by atoms with E-state index in [0.717, 1.165) is 37.7 Å². The van der Waals surface area contributed by atoms with E-state index in [1.54, 1.807) is 25.7 Å². The first kappa shape index (κ1) is 28.4. The van der Waals surface area contributed by atoms with Gasteiger partial charge < -0.3 is 15.4 Å². The first-order valence-corrected chi connectivity index (χ1v) is 13.2. The lowest BCUT2D eigenvalue weighted by Gasteiger charge is -2.35. The number of nitrogens with zero attached hydrogens (tertiary/aromatic N) is 1. The van der Waals surface area contributed by atoms with Crippen molar-refractivity contribution in [3.8, 4) is 0 Å². The summed E-state index contributed by atoms with van der Waals surface area (Å²) in [5.41, 5.74) is 2.40. The van der Waals surface area contributed by atoms with E-state index in [1.807, 2.05) is 24.3 Å². The number of nitrogens with one attached hydrogen (secondary N) is 2. The monoisotopic (exact) mass is 485 g/mol. The molecule has 3 amide bonds. The van der Waals surface area contributed by atoms with Crippen molar-refractivity contribution in [3.63, 3.8) is 0 Å². The first-order valence-electron chi connectivity index (χ1n) is 13.2. The second-order valence-electron chi connectivity index (χ2n) is 9.53. The first-order chi connectivity index (χ1) is 16.8. The molecule has 1 aromatic rings. The Bertz CT molecular complexity index is 894. The summed E-state index contributed by atoms with van der Waals surface area (Å²) in [6.45, 7) is 10.2. The van der Waals surface area contributed by atoms with E-state index in [0.29, 0.717) is 29.9 Å². The highest BCUT2D eigenvalue weighted by Crippen LogP contribution is 2.33. The van der Waals surface area contributed by atoms with Crippen LogP contribution in [0.4, 0.5) is 10.5 Å². The van der Waals surface area contributed by atoms with Gasteiger partial charge in [-0.2, -0.15) is 0 Å². The number of urea groups is 1. The smallest absolute Gasteiger partial charge is 0.338 e. The highest BCUT2D eigenvalue weighted by Gasteiger charge is 2.36. The Morgan fingerprint density at radius 3 is 2.43 bits per heavy atom. The molecule has 0 fully saturated rings. The lowest BCUT2D eigenvalue weighted by Crippen LogP contribution is -2.48. The van der Waals surface area contributed by atoms with Crippen molar-refractivity contribution in [2.75, 3.05) is 11.9 Å². The van der Waals surface area contributed by atoms with E-state index in [2.05, 4.69) is 24.5 Å². The molecule has 0 saturated carbocycles. The molecular formula is C28H43N3O4. The van der Waals surface area contributed by atoms with E-state index in [1.165, 1.54) is 19.3 Å². The molecule has 1 atom stereocenters. The van der Waals surface area contributed by atoms with Crippen LogP contribution in [0.25, 0.3) is 0 Å². The molecule has 194 valence electrons. The van der Waals surface area contributed by atoms with E-state index in [9.17, 15) is 14.4 Å². The quantitative estimate of drug-likeness (QED) is 0.234. The van der Waals surface area contributed by atoms with Crippen molar-refractivity contribution in [2.24, 2.45) is 0 Å². The minimum atomic E-state index is -0.651. The molecule has 1 aromatic carbocycles. The molecule has 1 unspecified atom stereocenters. The van der Waals surface area contributed by atoms with E-state index >= 15 is 0 Å². The lowest BCUT2D eigenvalue weighted by molar-refractivity contribution is -0.143. The van der Waals surface area contributed by atoms with Crippen molar-refractivity contribution in [3.05, 3.63) is 41.1 Å². The zero-order chi connectivity index (χ0) is 25.8. The fraction of sp³-hybridized carbons (Fsp3) is 0.607. The maximum Gasteiger partial charge on any atom is 0.338 e. The van der Waals surface area contributed by atoms with Crippen LogP contribution in [-0.2, 0) is 14.3 Å². The van der Waals surface area contributed by atoms with E-state index in [4.69, 9.17) is 4.74 Å². The van der Waals surface area contributed by atoms with Crippen LogP contribution in [-0.4, -0.2) is 35.5 Å². The van der Waals surface area contributed by atoms with Gasteiger partial charge in [0, 0.05) is 24.4 Å². The normalized spacial score (nSPS) is 15.9. The van der Waals surface area contributed by atoms with Crippen LogP contribution in [0.3, 0.4) is 0 Å². The van der Waals surface area contributed by atoms with Crippen LogP contribution in [0.2, 0.25) is 0 Å². The Morgan fingerprint density at radius 1 is 1.06 bits per heavy atom. The summed E-state index contributed by atoms with van der Waals surface area (Å²) in [5.74, 6) is -0.469. The Kier molecular flexibility index (Phi) is 11.8. The van der Waals surface area contributed by atoms with Crippen molar-refractivity contribution in [2.45, 2.75) is 105 Å². The SMILES string of the molecule is CCCCCCCCC(=O)Nc1cccc(C2NC(=O)N(CCCC)C(C)=C2C(=O)OC(C)C)c1. The topological polar surface area (TPSA) is 87.7 Å². The van der Waals surface area contributed by atoms with Gasteiger partial charge >= 0.3 is 12.0 Å². The number of hydrogen-bond acceptors (Lipinski definition) is 4. The minimum Gasteiger partial charge on any atom is -0.459 e. The zero-order valence-corrected chi connectivity index (χ0v) is 22.1. The summed E-state index contributed by atoms with van der Waals surface area (Å²) in [4.78, 5) is 40.1. The molecule has 1 aliphatic heterocycles. The van der Waals surface area contributed by atoms with Crippen LogP contribution in [0.1, 0.15) is 104 Å². The lowest BCUT2D eigenvalue weighted by atomic mass is 9.94. The standard InChI is InChI=1S/C28H43N3O4/c1-6-8-10-11-12-13-17-24(32)29-23-16-14-15-22(19-23)26-25(27(33)35-20(3)4)21(5)31(18-9-7-2)28(34)30-26/h14-16,19-20,26H,6-13,17-18H2,1-5H3,(H,29,32)(H,30,34). The summed E-state index contributed by atoms with van der Waals surface area (Å²) >= 11 is 0. The van der Waals surface area contributed by atoms with Crippen molar-refractivity contribution < 1.29 is 19.1 Å². The summed E-state index contributed by atoms with van der Waals surface area (Å²) < 4.78 is 5.53. The molecule has 0 spiro atoms. The van der Waals surface area contributed by atoms with Crippen molar-refractivity contribution in [1.82, 2.24) is 10.2 Å². The number of carbonyl (C=O) groups is 3. The number of benzene rings is 1. The third-order valence-electron chi connectivity index (χ3n) is 6.16. The summed E-state index contributed by atoms with van der Waals surface area (Å²) in [6.07, 6.45) is 8.73. The number of anilines is 1. The molecular weight excluding hydrogens is 442 g/mol. The number of ether oxygens (including phenoxy) is 1. The number of allylic oxidation sites excluding steroid dienone is 1. The molecule has 0 aromatic heterocycles. The number of rotatable bonds is 14. The minimum absolute atomic E-state index is 0.0257. The maximum absolute atomic E-state index is 13.1. The van der Waals surface area contributed by atoms with Gasteiger partial charge in [-0.15, -0.1) is 0 Å². The third kappa shape index (κ3) is 8.71. The Morgan fingerprint density at radius 2 is 1.74 bits per heavy atom. The van der Waals surface area contributed by atoms with Crippen LogP contribution >= 0.6 is 0 Å². The van der Waals surface area contributed by atoms with Crippen LogP contribution in [0, 0.1) is 0 Å². The average molecular weight is 486 g/mol. The fourth-order valence-corrected chi connectivity index (χ4v) is 4.24. The van der Waals surface area contributed by atoms with Gasteiger partial charge in [0.25, 0.3) is 0 Å². The van der Waals surface area contributed by atoms with Gasteiger partial charge in [-0.05, 0) is 51.3 Å². The van der Waals surface area contributed by atoms with Gasteiger partial charge in [-0.25, -0.2) is 9.59 Å². The molecule has 0 saturated heterocycles. The Labute approximate surface area is 210 Å². The third-order valence-corrected chi connectivity index (χ3v) is 6.16. The van der Waals surface area contributed by atoms with Gasteiger partial charge in [0.15, 0.2) is 0 Å². The van der Waals surface area contributed by atoms with Crippen molar-refractivity contribution in [1.29, 1.82) is 0 Å². The molecule has 1 heterocycles. The maximum atomic E-state index is 13.1. The Balaban J connectivity index is 2.19. The molecule has 1 aliphatic rings. The molecule has 0 radical (unpaired) electrons. The molecule has 7 nitrogen and oxygen atoms in total. The van der Waals surface area contributed by atoms with Gasteiger partial charge in [0.05, 0.1) is 17.7 Å². The van der Waals surface area contributed by atoms with Crippen LogP contribution in [0.5, 0.6) is 0 Å². The number of carbonyl (C=O) groups excluding carboxylic acids is 3. The van der Waals surface area contributed by atoms with Gasteiger partial charge in [-0.3, -0.25) is 9.69 Å². The second kappa shape index (κ2) is 14.5. The van der Waals surface area contributed by atoms with Crippen LogP contribution < -0.4 is 10.6 Å². The number of unbranched alkanes of at least 4 members (excludes halogenated alkanes) is 6. The van der Waals surface area contributed by atoms with Gasteiger partial charge in [0.2, 0.25) is 5.91 Å². The number of amides is 3. The predicted octanol–water partition coefficient (Wildman–Crippen LogP) is 6.47. The zero-order valence-electron chi connectivity index (χ0n) is 22.1. The Hall–Kier alpha value is -2.83. The molecule has 35 heavy (non-hydrogen) atoms. The number of hydrogen-bond donors (Lipinski definition) is 2. The highest BCUT2D eigenvalue weighted by molar-refractivity contribution is 5.95. The highest BCUT2D eigenvalue weighted by atomic mass is 16.5. The predicted molar refractivity (Wildman–Crippen MR) is 140 cm³/mol. The fourth-order valence-electron chi connectivity index (χ4n) is 4.24. The molecule has 0 aliphatic carbocycles. The largest absolute Gasteiger partial charge is 0.459 e. The van der Waals surface area contributed by atoms with Crippen LogP contribution in [0.15, 0.2) is 35.5 Å². The average Bonchev–Trinajstić information content (AvgIpc) is 2.80. The van der Waals surface area contributed by atoms with Crippen molar-refractivity contribution >= 4 is 23.6 Å². The van der Waals surface area contributed by atoms with E-state index in [-0.39, 0.29) is 18.0 Å². The molecule has 0 bridgehead atoms. The van der Waals surface area contributed by atoms with Gasteiger partial charge in [-0.1, -0.05) is 64.5 Å². The summed E-state index contributed by atoms with van der Waals surface area (Å²) in [7, 11) is 0. The summed E-state index contributed by atoms with van der Waals surface area (Å²) in [6, 6.07) is 6.44. The molecule has 2 rings (SSSR count). The van der Waals surface area contributed by atoms with E-state index < -0.39 is 12.0 Å². The second-order valence-corrected chi connectivity index (χ2v) is 9.53.